The van der Waals surface area contributed by atoms with Crippen LogP contribution >= 0.6 is 12.6 Å². The molecule has 0 aliphatic carbocycles. The third kappa shape index (κ3) is 3.18. The first-order valence-corrected chi connectivity index (χ1v) is 7.69. The summed E-state index contributed by atoms with van der Waals surface area (Å²) in [7, 11) is 0. The second kappa shape index (κ2) is 5.16. The van der Waals surface area contributed by atoms with Crippen molar-refractivity contribution in [2.75, 3.05) is 0 Å². The van der Waals surface area contributed by atoms with Crippen LogP contribution in [0, 0.1) is 5.92 Å². The third-order valence-electron chi connectivity index (χ3n) is 5.30. The predicted molar refractivity (Wildman–Crippen MR) is 90.4 cm³/mol. The van der Waals surface area contributed by atoms with E-state index in [2.05, 4.69) is 79.7 Å². The van der Waals surface area contributed by atoms with Gasteiger partial charge in [0.05, 0.1) is 0 Å². The summed E-state index contributed by atoms with van der Waals surface area (Å²) in [6.07, 6.45) is 0. The number of rotatable bonds is 4. The minimum absolute atomic E-state index is 0.0409. The van der Waals surface area contributed by atoms with Crippen LogP contribution < -0.4 is 0 Å². The first kappa shape index (κ1) is 16.6. The van der Waals surface area contributed by atoms with Gasteiger partial charge in [0.15, 0.2) is 0 Å². The fourth-order valence-corrected chi connectivity index (χ4v) is 2.12. The maximum absolute atomic E-state index is 4.79. The van der Waals surface area contributed by atoms with Crippen LogP contribution in [-0.4, -0.2) is 4.75 Å². The Balaban J connectivity index is 3.30. The van der Waals surface area contributed by atoms with Crippen molar-refractivity contribution in [3.05, 3.63) is 35.4 Å². The van der Waals surface area contributed by atoms with Crippen LogP contribution in [-0.2, 0) is 10.8 Å². The molecular formula is C18H30S. The highest BCUT2D eigenvalue weighted by Crippen LogP contribution is 2.41. The van der Waals surface area contributed by atoms with Crippen molar-refractivity contribution >= 4 is 12.6 Å². The van der Waals surface area contributed by atoms with Crippen LogP contribution in [0.3, 0.4) is 0 Å². The van der Waals surface area contributed by atoms with Crippen LogP contribution in [0.2, 0.25) is 0 Å². The van der Waals surface area contributed by atoms with Crippen LogP contribution in [0.15, 0.2) is 24.3 Å². The van der Waals surface area contributed by atoms with E-state index < -0.39 is 0 Å². The molecule has 0 fully saturated rings. The Morgan fingerprint density at radius 2 is 1.37 bits per heavy atom. The average Bonchev–Trinajstić information content (AvgIpc) is 2.27. The molecule has 0 aliphatic rings. The van der Waals surface area contributed by atoms with E-state index in [4.69, 9.17) is 12.6 Å². The highest BCUT2D eigenvalue weighted by molar-refractivity contribution is 7.81. The lowest BCUT2D eigenvalue weighted by Gasteiger charge is -2.39. The van der Waals surface area contributed by atoms with Crippen LogP contribution in [0.5, 0.6) is 0 Å². The fraction of sp³-hybridized carbons (Fsp3) is 0.667. The van der Waals surface area contributed by atoms with E-state index >= 15 is 0 Å². The molecule has 0 heterocycles. The minimum Gasteiger partial charge on any atom is -0.172 e. The molecule has 1 aromatic rings. The van der Waals surface area contributed by atoms with Crippen molar-refractivity contribution in [1.29, 1.82) is 0 Å². The average molecular weight is 279 g/mol. The summed E-state index contributed by atoms with van der Waals surface area (Å²) in [6, 6.07) is 9.05. The molecule has 0 bridgehead atoms. The van der Waals surface area contributed by atoms with E-state index in [1.54, 1.807) is 0 Å². The smallest absolute Gasteiger partial charge is 0.0164 e. The van der Waals surface area contributed by atoms with E-state index in [0.29, 0.717) is 5.92 Å². The molecule has 0 unspecified atom stereocenters. The molecule has 0 atom stereocenters. The van der Waals surface area contributed by atoms with Gasteiger partial charge in [-0.05, 0) is 22.5 Å². The molecule has 1 aromatic carbocycles. The van der Waals surface area contributed by atoms with Gasteiger partial charge in [0.2, 0.25) is 0 Å². The molecule has 0 radical (unpaired) electrons. The second-order valence-electron chi connectivity index (χ2n) is 7.64. The second-order valence-corrected chi connectivity index (χ2v) is 8.76. The fourth-order valence-electron chi connectivity index (χ4n) is 2.00. The SMILES string of the molecule is CC(C)C(C)(C)c1cccc(C(C)(C)C(C)(C)S)c1. The van der Waals surface area contributed by atoms with Gasteiger partial charge in [0.25, 0.3) is 0 Å². The van der Waals surface area contributed by atoms with E-state index in [0.717, 1.165) is 0 Å². The Labute approximate surface area is 125 Å². The van der Waals surface area contributed by atoms with Gasteiger partial charge in [-0.2, -0.15) is 12.6 Å². The summed E-state index contributed by atoms with van der Waals surface area (Å²) in [5, 5.41) is 0. The van der Waals surface area contributed by atoms with Gasteiger partial charge < -0.3 is 0 Å². The summed E-state index contributed by atoms with van der Waals surface area (Å²) in [5.41, 5.74) is 3.04. The van der Waals surface area contributed by atoms with Crippen molar-refractivity contribution in [3.8, 4) is 0 Å². The van der Waals surface area contributed by atoms with Crippen molar-refractivity contribution in [1.82, 2.24) is 0 Å². The lowest BCUT2D eigenvalue weighted by Crippen LogP contribution is -2.38. The zero-order valence-electron chi connectivity index (χ0n) is 13.8. The van der Waals surface area contributed by atoms with E-state index in [1.165, 1.54) is 11.1 Å². The Morgan fingerprint density at radius 1 is 0.895 bits per heavy atom. The Bertz CT molecular complexity index is 433. The van der Waals surface area contributed by atoms with Crippen LogP contribution in [0.25, 0.3) is 0 Å². The molecule has 0 saturated carbocycles. The van der Waals surface area contributed by atoms with Crippen LogP contribution in [0.4, 0.5) is 0 Å². The zero-order chi connectivity index (χ0) is 15.1. The van der Waals surface area contributed by atoms with E-state index in [-0.39, 0.29) is 15.6 Å². The molecule has 0 spiro atoms. The Kier molecular flexibility index (Phi) is 4.52. The standard InChI is InChI=1S/C18H30S/c1-13(2)16(3,4)14-10-9-11-15(12-14)17(5,6)18(7,8)19/h9-13,19H,1-8H3. The molecule has 0 N–H and O–H groups in total. The molecule has 0 nitrogen and oxygen atoms in total. The van der Waals surface area contributed by atoms with Gasteiger partial charge in [-0.25, -0.2) is 0 Å². The molecule has 108 valence electrons. The number of thiol groups is 1. The summed E-state index contributed by atoms with van der Waals surface area (Å²) >= 11 is 4.79. The zero-order valence-corrected chi connectivity index (χ0v) is 14.7. The van der Waals surface area contributed by atoms with Gasteiger partial charge in [0, 0.05) is 10.2 Å². The number of benzene rings is 1. The van der Waals surface area contributed by atoms with Gasteiger partial charge in [-0.1, -0.05) is 79.7 Å². The molecular weight excluding hydrogens is 248 g/mol. The summed E-state index contributed by atoms with van der Waals surface area (Å²) < 4.78 is -0.0480. The number of hydrogen-bond acceptors (Lipinski definition) is 1. The highest BCUT2D eigenvalue weighted by atomic mass is 32.1. The molecule has 19 heavy (non-hydrogen) atoms. The monoisotopic (exact) mass is 278 g/mol. The first-order chi connectivity index (χ1) is 8.40. The Morgan fingerprint density at radius 3 is 1.79 bits per heavy atom. The highest BCUT2D eigenvalue weighted by Gasteiger charge is 2.36. The molecule has 0 saturated heterocycles. The van der Waals surface area contributed by atoms with Crippen molar-refractivity contribution in [3.63, 3.8) is 0 Å². The molecule has 0 aliphatic heterocycles. The predicted octanol–water partition coefficient (Wildman–Crippen LogP) is 5.61. The van der Waals surface area contributed by atoms with Crippen LogP contribution in [0.1, 0.15) is 66.5 Å². The lowest BCUT2D eigenvalue weighted by atomic mass is 9.70. The number of hydrogen-bond donors (Lipinski definition) is 1. The minimum atomic E-state index is -0.0480. The maximum atomic E-state index is 4.79. The van der Waals surface area contributed by atoms with Crippen molar-refractivity contribution in [2.24, 2.45) is 5.92 Å². The molecule has 1 heteroatoms. The van der Waals surface area contributed by atoms with Gasteiger partial charge in [-0.15, -0.1) is 0 Å². The van der Waals surface area contributed by atoms with E-state index in [1.807, 2.05) is 0 Å². The normalized spacial score (nSPS) is 14.0. The third-order valence-corrected chi connectivity index (χ3v) is 5.86. The van der Waals surface area contributed by atoms with Crippen molar-refractivity contribution in [2.45, 2.75) is 71.0 Å². The quantitative estimate of drug-likeness (QED) is 0.680. The van der Waals surface area contributed by atoms with Gasteiger partial charge in [-0.3, -0.25) is 0 Å². The maximum Gasteiger partial charge on any atom is 0.0164 e. The first-order valence-electron chi connectivity index (χ1n) is 7.24. The van der Waals surface area contributed by atoms with Gasteiger partial charge >= 0.3 is 0 Å². The largest absolute Gasteiger partial charge is 0.172 e. The lowest BCUT2D eigenvalue weighted by molar-refractivity contribution is 0.369. The van der Waals surface area contributed by atoms with E-state index in [9.17, 15) is 0 Å². The van der Waals surface area contributed by atoms with Crippen molar-refractivity contribution < 1.29 is 0 Å². The molecule has 1 rings (SSSR count). The summed E-state index contributed by atoms with van der Waals surface area (Å²) in [4.78, 5) is 0. The Hall–Kier alpha value is -0.430. The topological polar surface area (TPSA) is 0 Å². The summed E-state index contributed by atoms with van der Waals surface area (Å²) in [6.45, 7) is 18.2. The molecule has 0 aromatic heterocycles. The molecule has 0 amide bonds. The summed E-state index contributed by atoms with van der Waals surface area (Å²) in [5.74, 6) is 0.620. The van der Waals surface area contributed by atoms with Gasteiger partial charge in [0.1, 0.15) is 0 Å².